The normalized spacial score (nSPS) is 20.8. The van der Waals surface area contributed by atoms with Gasteiger partial charge in [0.05, 0.1) is 13.2 Å². The molecule has 1 fully saturated rings. The standard InChI is InChI=1S/C18H26N2O4/c1-18(2,3)24-17(22)20-14(13-9-7-6-8-10-13)11-12-15(20)16(21)19(4)23-5/h6-10,14-15H,11-12H2,1-5H3/t14-,15+/m0/s1. The fourth-order valence-electron chi connectivity index (χ4n) is 2.92. The molecule has 1 saturated heterocycles. The number of hydroxylamine groups is 2. The molecule has 1 aliphatic rings. The van der Waals surface area contributed by atoms with E-state index in [1.807, 2.05) is 51.1 Å². The predicted molar refractivity (Wildman–Crippen MR) is 90.1 cm³/mol. The molecule has 0 bridgehead atoms. The summed E-state index contributed by atoms with van der Waals surface area (Å²) in [6, 6.07) is 8.95. The minimum atomic E-state index is -0.623. The molecule has 6 heteroatoms. The maximum Gasteiger partial charge on any atom is 0.411 e. The van der Waals surface area contributed by atoms with Crippen LogP contribution < -0.4 is 0 Å². The van der Waals surface area contributed by atoms with Gasteiger partial charge >= 0.3 is 6.09 Å². The van der Waals surface area contributed by atoms with Gasteiger partial charge in [-0.05, 0) is 39.2 Å². The predicted octanol–water partition coefficient (Wildman–Crippen LogP) is 3.15. The molecule has 1 aromatic carbocycles. The molecule has 1 aliphatic heterocycles. The highest BCUT2D eigenvalue weighted by atomic mass is 16.7. The number of hydrogen-bond donors (Lipinski definition) is 0. The molecule has 1 aromatic rings. The van der Waals surface area contributed by atoms with Crippen molar-refractivity contribution >= 4 is 12.0 Å². The van der Waals surface area contributed by atoms with E-state index >= 15 is 0 Å². The van der Waals surface area contributed by atoms with Crippen molar-refractivity contribution in [3.8, 4) is 0 Å². The van der Waals surface area contributed by atoms with Gasteiger partial charge in [-0.3, -0.25) is 14.5 Å². The van der Waals surface area contributed by atoms with Crippen LogP contribution in [0, 0.1) is 0 Å². The highest BCUT2D eigenvalue weighted by Crippen LogP contribution is 2.37. The van der Waals surface area contributed by atoms with E-state index in [2.05, 4.69) is 0 Å². The van der Waals surface area contributed by atoms with Crippen LogP contribution in [-0.4, -0.2) is 47.8 Å². The Labute approximate surface area is 143 Å². The molecule has 0 saturated carbocycles. The highest BCUT2D eigenvalue weighted by Gasteiger charge is 2.44. The summed E-state index contributed by atoms with van der Waals surface area (Å²) in [6.07, 6.45) is 0.805. The Hall–Kier alpha value is -2.08. The SMILES string of the molecule is CON(C)C(=O)[C@H]1CC[C@@H](c2ccccc2)N1C(=O)OC(C)(C)C. The summed E-state index contributed by atoms with van der Waals surface area (Å²) < 4.78 is 5.54. The first-order valence-electron chi connectivity index (χ1n) is 8.12. The smallest absolute Gasteiger partial charge is 0.411 e. The summed E-state index contributed by atoms with van der Waals surface area (Å²) in [6.45, 7) is 5.45. The number of hydrogen-bond acceptors (Lipinski definition) is 4. The second-order valence-corrected chi connectivity index (χ2v) is 6.93. The van der Waals surface area contributed by atoms with Gasteiger partial charge in [0.25, 0.3) is 5.91 Å². The van der Waals surface area contributed by atoms with Crippen LogP contribution in [0.15, 0.2) is 30.3 Å². The molecule has 0 aromatic heterocycles. The zero-order valence-corrected chi connectivity index (χ0v) is 15.0. The molecule has 2 atom stereocenters. The number of likely N-dealkylation sites (tertiary alicyclic amines) is 1. The molecular weight excluding hydrogens is 308 g/mol. The highest BCUT2D eigenvalue weighted by molar-refractivity contribution is 5.86. The number of nitrogens with zero attached hydrogens (tertiary/aromatic N) is 2. The lowest BCUT2D eigenvalue weighted by Crippen LogP contribution is -2.48. The van der Waals surface area contributed by atoms with Crippen LogP contribution in [0.5, 0.6) is 0 Å². The van der Waals surface area contributed by atoms with Gasteiger partial charge in [0.1, 0.15) is 11.6 Å². The lowest BCUT2D eigenvalue weighted by Gasteiger charge is -2.33. The van der Waals surface area contributed by atoms with E-state index in [0.717, 1.165) is 10.6 Å². The van der Waals surface area contributed by atoms with Gasteiger partial charge in [0.15, 0.2) is 0 Å². The molecule has 0 spiro atoms. The van der Waals surface area contributed by atoms with E-state index in [0.29, 0.717) is 12.8 Å². The summed E-state index contributed by atoms with van der Waals surface area (Å²) in [5, 5.41) is 1.16. The van der Waals surface area contributed by atoms with Gasteiger partial charge in [0.2, 0.25) is 0 Å². The molecule has 0 radical (unpaired) electrons. The molecule has 0 N–H and O–H groups in total. The largest absolute Gasteiger partial charge is 0.444 e. The Kier molecular flexibility index (Phi) is 5.49. The first-order chi connectivity index (χ1) is 11.2. The van der Waals surface area contributed by atoms with Crippen LogP contribution in [-0.2, 0) is 14.4 Å². The van der Waals surface area contributed by atoms with Crippen molar-refractivity contribution in [3.05, 3.63) is 35.9 Å². The van der Waals surface area contributed by atoms with Crippen molar-refractivity contribution < 1.29 is 19.2 Å². The first kappa shape index (κ1) is 18.3. The topological polar surface area (TPSA) is 59.1 Å². The number of benzene rings is 1. The van der Waals surface area contributed by atoms with Crippen molar-refractivity contribution in [2.75, 3.05) is 14.2 Å². The van der Waals surface area contributed by atoms with Crippen LogP contribution in [0.3, 0.4) is 0 Å². The monoisotopic (exact) mass is 334 g/mol. The van der Waals surface area contributed by atoms with Gasteiger partial charge in [-0.25, -0.2) is 9.86 Å². The fourth-order valence-corrected chi connectivity index (χ4v) is 2.92. The van der Waals surface area contributed by atoms with Crippen molar-refractivity contribution in [1.29, 1.82) is 0 Å². The molecule has 0 unspecified atom stereocenters. The first-order valence-corrected chi connectivity index (χ1v) is 8.12. The third kappa shape index (κ3) is 4.06. The van der Waals surface area contributed by atoms with Crippen molar-refractivity contribution in [3.63, 3.8) is 0 Å². The van der Waals surface area contributed by atoms with Crippen LogP contribution in [0.2, 0.25) is 0 Å². The number of likely N-dealkylation sites (N-methyl/N-ethyl adjacent to an activating group) is 1. The second-order valence-electron chi connectivity index (χ2n) is 6.93. The Bertz CT molecular complexity index is 582. The quantitative estimate of drug-likeness (QED) is 0.797. The Morgan fingerprint density at radius 1 is 1.17 bits per heavy atom. The number of rotatable bonds is 3. The van der Waals surface area contributed by atoms with Crippen LogP contribution in [0.4, 0.5) is 4.79 Å². The van der Waals surface area contributed by atoms with Gasteiger partial charge in [-0.15, -0.1) is 0 Å². The Balaban J connectivity index is 2.32. The molecule has 24 heavy (non-hydrogen) atoms. The average molecular weight is 334 g/mol. The van der Waals surface area contributed by atoms with E-state index < -0.39 is 17.7 Å². The molecular formula is C18H26N2O4. The van der Waals surface area contributed by atoms with Crippen LogP contribution >= 0.6 is 0 Å². The van der Waals surface area contributed by atoms with E-state index in [9.17, 15) is 9.59 Å². The van der Waals surface area contributed by atoms with Crippen LogP contribution in [0.1, 0.15) is 45.2 Å². The van der Waals surface area contributed by atoms with Crippen LogP contribution in [0.25, 0.3) is 0 Å². The second kappa shape index (κ2) is 7.21. The molecule has 6 nitrogen and oxygen atoms in total. The van der Waals surface area contributed by atoms with E-state index in [4.69, 9.17) is 9.57 Å². The summed E-state index contributed by atoms with van der Waals surface area (Å²) in [7, 11) is 2.98. The zero-order valence-electron chi connectivity index (χ0n) is 15.0. The average Bonchev–Trinajstić information content (AvgIpc) is 2.97. The Morgan fingerprint density at radius 3 is 2.33 bits per heavy atom. The summed E-state index contributed by atoms with van der Waals surface area (Å²) >= 11 is 0. The molecule has 2 rings (SSSR count). The molecule has 0 aliphatic carbocycles. The van der Waals surface area contributed by atoms with Crippen molar-refractivity contribution in [2.24, 2.45) is 0 Å². The zero-order chi connectivity index (χ0) is 17.9. The van der Waals surface area contributed by atoms with E-state index in [-0.39, 0.29) is 11.9 Å². The third-order valence-electron chi connectivity index (χ3n) is 4.04. The summed E-state index contributed by atoms with van der Waals surface area (Å²) in [5.74, 6) is -0.248. The molecule has 1 heterocycles. The van der Waals surface area contributed by atoms with Gasteiger partial charge in [-0.2, -0.15) is 0 Å². The van der Waals surface area contributed by atoms with Gasteiger partial charge in [-0.1, -0.05) is 30.3 Å². The minimum Gasteiger partial charge on any atom is -0.444 e. The lowest BCUT2D eigenvalue weighted by atomic mass is 10.1. The number of amides is 2. The number of ether oxygens (including phenoxy) is 1. The van der Waals surface area contributed by atoms with E-state index in [1.54, 1.807) is 11.9 Å². The number of carbonyl (C=O) groups is 2. The van der Waals surface area contributed by atoms with Crippen molar-refractivity contribution in [2.45, 2.75) is 51.3 Å². The van der Waals surface area contributed by atoms with Gasteiger partial charge < -0.3 is 4.74 Å². The summed E-state index contributed by atoms with van der Waals surface area (Å²) in [4.78, 5) is 31.9. The third-order valence-corrected chi connectivity index (χ3v) is 4.04. The van der Waals surface area contributed by atoms with Crippen molar-refractivity contribution in [1.82, 2.24) is 9.96 Å². The molecule has 2 amide bonds. The fraction of sp³-hybridized carbons (Fsp3) is 0.556. The Morgan fingerprint density at radius 2 is 1.79 bits per heavy atom. The lowest BCUT2D eigenvalue weighted by molar-refractivity contribution is -0.173. The minimum absolute atomic E-state index is 0.180. The maximum atomic E-state index is 12.8. The molecule has 132 valence electrons. The van der Waals surface area contributed by atoms with Gasteiger partial charge in [0, 0.05) is 7.05 Å². The maximum absolute atomic E-state index is 12.8. The summed E-state index contributed by atoms with van der Waals surface area (Å²) in [5.41, 5.74) is 0.375. The number of carbonyl (C=O) groups excluding carboxylic acids is 2. The van der Waals surface area contributed by atoms with E-state index in [1.165, 1.54) is 7.11 Å².